The van der Waals surface area contributed by atoms with Crippen molar-refractivity contribution in [1.29, 1.82) is 0 Å². The van der Waals surface area contributed by atoms with Gasteiger partial charge in [0.15, 0.2) is 0 Å². The number of rotatable bonds is 8. The number of benzene rings is 3. The molecular formula is C27H30N4O3. The Balaban J connectivity index is 1.56. The van der Waals surface area contributed by atoms with Crippen molar-refractivity contribution in [3.8, 4) is 0 Å². The van der Waals surface area contributed by atoms with Crippen LogP contribution in [0.15, 0.2) is 78.9 Å². The Morgan fingerprint density at radius 1 is 1.00 bits per heavy atom. The lowest BCUT2D eigenvalue weighted by Gasteiger charge is -2.28. The van der Waals surface area contributed by atoms with Gasteiger partial charge in [0.25, 0.3) is 5.91 Å². The topological polar surface area (TPSA) is 108 Å². The third kappa shape index (κ3) is 5.62. The van der Waals surface area contributed by atoms with Gasteiger partial charge in [-0.15, -0.1) is 0 Å². The molecule has 3 aromatic rings. The predicted molar refractivity (Wildman–Crippen MR) is 132 cm³/mol. The molecule has 0 aliphatic carbocycles. The molecule has 0 fully saturated rings. The van der Waals surface area contributed by atoms with E-state index >= 15 is 0 Å². The Morgan fingerprint density at radius 3 is 2.44 bits per heavy atom. The number of hydrogen-bond donors (Lipinski definition) is 4. The number of amides is 2. The lowest BCUT2D eigenvalue weighted by Crippen LogP contribution is -2.53. The van der Waals surface area contributed by atoms with Crippen LogP contribution < -0.4 is 21.4 Å². The van der Waals surface area contributed by atoms with Crippen molar-refractivity contribution < 1.29 is 14.8 Å². The number of aryl methyl sites for hydroxylation is 2. The van der Waals surface area contributed by atoms with Gasteiger partial charge in [-0.3, -0.25) is 20.1 Å². The zero-order valence-electron chi connectivity index (χ0n) is 19.0. The highest BCUT2D eigenvalue weighted by Crippen LogP contribution is 2.29. The summed E-state index contributed by atoms with van der Waals surface area (Å²) in [5, 5.41) is 12.6. The number of hydroxylamine groups is 1. The fraction of sp³-hybridized carbons (Fsp3) is 0.259. The Bertz CT molecular complexity index is 1120. The third-order valence-electron chi connectivity index (χ3n) is 6.26. The summed E-state index contributed by atoms with van der Waals surface area (Å²) in [4.78, 5) is 28.0. The zero-order chi connectivity index (χ0) is 23.9. The van der Waals surface area contributed by atoms with E-state index in [2.05, 4.69) is 5.32 Å². The highest BCUT2D eigenvalue weighted by molar-refractivity contribution is 5.99. The Kier molecular flexibility index (Phi) is 7.57. The minimum Gasteiger partial charge on any atom is -0.399 e. The average Bonchev–Trinajstić information content (AvgIpc) is 3.00. The van der Waals surface area contributed by atoms with Gasteiger partial charge < -0.3 is 10.6 Å². The lowest BCUT2D eigenvalue weighted by atomic mass is 10.0. The number of nitrogen functional groups attached to an aromatic ring is 1. The van der Waals surface area contributed by atoms with Gasteiger partial charge in [-0.05, 0) is 60.6 Å². The van der Waals surface area contributed by atoms with Crippen LogP contribution in [-0.4, -0.2) is 29.1 Å². The molecule has 1 unspecified atom stereocenters. The van der Waals surface area contributed by atoms with Crippen LogP contribution in [0, 0.1) is 0 Å². The van der Waals surface area contributed by atoms with Gasteiger partial charge in [0.05, 0.1) is 18.6 Å². The van der Waals surface area contributed by atoms with E-state index in [0.29, 0.717) is 37.9 Å². The number of carbonyl (C=O) groups is 2. The monoisotopic (exact) mass is 458 g/mol. The van der Waals surface area contributed by atoms with E-state index in [1.54, 1.807) is 10.4 Å². The van der Waals surface area contributed by atoms with Crippen molar-refractivity contribution in [2.24, 2.45) is 0 Å². The molecule has 4 rings (SSSR count). The average molecular weight is 459 g/mol. The maximum absolute atomic E-state index is 13.7. The van der Waals surface area contributed by atoms with Crippen LogP contribution in [0.4, 0.5) is 11.4 Å². The minimum atomic E-state index is -0.709. The van der Waals surface area contributed by atoms with E-state index < -0.39 is 18.0 Å². The predicted octanol–water partition coefficient (Wildman–Crippen LogP) is 3.21. The van der Waals surface area contributed by atoms with Crippen LogP contribution in [-0.2, 0) is 29.0 Å². The molecule has 1 heterocycles. The van der Waals surface area contributed by atoms with Crippen LogP contribution >= 0.6 is 0 Å². The highest BCUT2D eigenvalue weighted by Gasteiger charge is 2.33. The molecule has 1 aliphatic rings. The smallest absolute Gasteiger partial charge is 0.260 e. The summed E-state index contributed by atoms with van der Waals surface area (Å²) in [6, 6.07) is 23.9. The van der Waals surface area contributed by atoms with Crippen LogP contribution in [0.5, 0.6) is 0 Å². The van der Waals surface area contributed by atoms with Crippen LogP contribution in [0.2, 0.25) is 0 Å². The van der Waals surface area contributed by atoms with Crippen LogP contribution in [0.1, 0.15) is 29.5 Å². The number of hydrogen-bond acceptors (Lipinski definition) is 5. The molecule has 176 valence electrons. The Morgan fingerprint density at radius 2 is 1.71 bits per heavy atom. The third-order valence-corrected chi connectivity index (χ3v) is 6.26. The minimum absolute atomic E-state index is 0.0998. The molecule has 0 aromatic heterocycles. The van der Waals surface area contributed by atoms with Gasteiger partial charge >= 0.3 is 0 Å². The molecule has 7 nitrogen and oxygen atoms in total. The SMILES string of the molecule is Nc1ccc(CN2C(=O)C(N[C@@H](CCc3ccccc3)C(=O)NO)CCc3ccccc32)cc1. The summed E-state index contributed by atoms with van der Waals surface area (Å²) >= 11 is 0. The molecule has 0 bridgehead atoms. The highest BCUT2D eigenvalue weighted by atomic mass is 16.5. The van der Waals surface area contributed by atoms with Crippen LogP contribution in [0.25, 0.3) is 0 Å². The van der Waals surface area contributed by atoms with Gasteiger partial charge in [-0.1, -0.05) is 60.7 Å². The van der Waals surface area contributed by atoms with E-state index in [4.69, 9.17) is 5.73 Å². The van der Waals surface area contributed by atoms with Crippen molar-refractivity contribution >= 4 is 23.2 Å². The first-order chi connectivity index (χ1) is 16.5. The second-order valence-electron chi connectivity index (χ2n) is 8.61. The van der Waals surface area contributed by atoms with Gasteiger partial charge in [0, 0.05) is 11.4 Å². The molecule has 0 spiro atoms. The summed E-state index contributed by atoms with van der Waals surface area (Å²) in [7, 11) is 0. The van der Waals surface area contributed by atoms with Gasteiger partial charge in [-0.25, -0.2) is 5.48 Å². The molecule has 0 saturated heterocycles. The summed E-state index contributed by atoms with van der Waals surface area (Å²) in [6.45, 7) is 0.398. The fourth-order valence-electron chi connectivity index (χ4n) is 4.41. The first-order valence-corrected chi connectivity index (χ1v) is 11.5. The van der Waals surface area contributed by atoms with Gasteiger partial charge in [0.1, 0.15) is 0 Å². The van der Waals surface area contributed by atoms with Crippen LogP contribution in [0.3, 0.4) is 0 Å². The number of nitrogens with zero attached hydrogens (tertiary/aromatic N) is 1. The molecule has 0 saturated carbocycles. The van der Waals surface area contributed by atoms with E-state index in [0.717, 1.165) is 22.4 Å². The normalized spacial score (nSPS) is 16.4. The molecule has 1 aliphatic heterocycles. The molecule has 34 heavy (non-hydrogen) atoms. The molecule has 5 N–H and O–H groups in total. The number of fused-ring (bicyclic) bond motifs is 1. The summed E-state index contributed by atoms with van der Waals surface area (Å²) < 4.78 is 0. The number of anilines is 2. The number of carbonyl (C=O) groups excluding carboxylic acids is 2. The Hall–Kier alpha value is -3.68. The summed E-state index contributed by atoms with van der Waals surface area (Å²) in [5.74, 6) is -0.646. The van der Waals surface area contributed by atoms with Crippen molar-refractivity contribution in [1.82, 2.24) is 10.8 Å². The number of nitrogens with one attached hydrogen (secondary N) is 2. The van der Waals surface area contributed by atoms with E-state index in [9.17, 15) is 14.8 Å². The number of para-hydroxylation sites is 1. The zero-order valence-corrected chi connectivity index (χ0v) is 19.0. The molecule has 2 amide bonds. The maximum Gasteiger partial charge on any atom is 0.260 e. The largest absolute Gasteiger partial charge is 0.399 e. The summed E-state index contributed by atoms with van der Waals surface area (Å²) in [6.07, 6.45) is 2.34. The van der Waals surface area contributed by atoms with E-state index in [-0.39, 0.29) is 5.91 Å². The van der Waals surface area contributed by atoms with Gasteiger partial charge in [0.2, 0.25) is 5.91 Å². The van der Waals surface area contributed by atoms with Gasteiger partial charge in [-0.2, -0.15) is 0 Å². The fourth-order valence-corrected chi connectivity index (χ4v) is 4.41. The Labute approximate surface area is 199 Å². The second kappa shape index (κ2) is 11.0. The molecule has 0 radical (unpaired) electrons. The standard InChI is InChI=1S/C27H30N4O3/c28-22-14-10-20(11-15-22)18-31-25-9-5-4-8-21(25)13-17-24(27(31)33)29-23(26(32)30-34)16-12-19-6-2-1-3-7-19/h1-11,14-15,23-24,29,34H,12-13,16-18,28H2,(H,30,32)/t23-,24?/m0/s1. The lowest BCUT2D eigenvalue weighted by molar-refractivity contribution is -0.132. The van der Waals surface area contributed by atoms with E-state index in [1.165, 1.54) is 0 Å². The van der Waals surface area contributed by atoms with Crippen molar-refractivity contribution in [2.45, 2.75) is 44.3 Å². The molecule has 3 aromatic carbocycles. The number of nitrogens with two attached hydrogens (primary N) is 1. The molecule has 7 heteroatoms. The first kappa shape index (κ1) is 23.5. The molecule has 2 atom stereocenters. The van der Waals surface area contributed by atoms with Crippen molar-refractivity contribution in [2.75, 3.05) is 10.6 Å². The maximum atomic E-state index is 13.7. The summed E-state index contributed by atoms with van der Waals surface area (Å²) in [5.41, 5.74) is 12.3. The first-order valence-electron chi connectivity index (χ1n) is 11.5. The van der Waals surface area contributed by atoms with Crippen molar-refractivity contribution in [3.05, 3.63) is 95.6 Å². The second-order valence-corrected chi connectivity index (χ2v) is 8.61. The molecular weight excluding hydrogens is 428 g/mol. The van der Waals surface area contributed by atoms with E-state index in [1.807, 2.05) is 78.9 Å². The quantitative estimate of drug-likeness (QED) is 0.236. The van der Waals surface area contributed by atoms with Crippen molar-refractivity contribution in [3.63, 3.8) is 0 Å².